The van der Waals surface area contributed by atoms with Crippen molar-refractivity contribution in [1.29, 1.82) is 0 Å². The Morgan fingerprint density at radius 1 is 1.44 bits per heavy atom. The number of carbonyl (C=O) groups is 1. The molecule has 2 atom stereocenters. The Balaban J connectivity index is 2.84. The highest BCUT2D eigenvalue weighted by atomic mass is 32.2. The Morgan fingerprint density at radius 2 is 2.00 bits per heavy atom. The maximum Gasteiger partial charge on any atom is 0.306 e. The van der Waals surface area contributed by atoms with Gasteiger partial charge in [0.15, 0.2) is 0 Å². The Hall–Kier alpha value is -0.660. The number of nitrogens with zero attached hydrogens (tertiary/aromatic N) is 2. The first-order valence-electron chi connectivity index (χ1n) is 6.15. The van der Waals surface area contributed by atoms with Gasteiger partial charge in [-0.25, -0.2) is 0 Å². The molecule has 18 heavy (non-hydrogen) atoms. The largest absolute Gasteiger partial charge is 0.481 e. The molecule has 1 aliphatic heterocycles. The van der Waals surface area contributed by atoms with Gasteiger partial charge in [0.25, 0.3) is 10.2 Å². The fourth-order valence-corrected chi connectivity index (χ4v) is 3.89. The van der Waals surface area contributed by atoms with Crippen molar-refractivity contribution in [3.8, 4) is 0 Å². The molecule has 2 unspecified atom stereocenters. The Labute approximate surface area is 109 Å². The standard InChI is InChI=1S/C11H22N2O4S/c1-8(2)12(4)18(16,17)13-6-5-10(11(14)15)7-9(13)3/h8-10H,5-7H2,1-4H3,(H,14,15). The molecule has 0 bridgehead atoms. The molecule has 0 aromatic carbocycles. The summed E-state index contributed by atoms with van der Waals surface area (Å²) in [4.78, 5) is 10.9. The van der Waals surface area contributed by atoms with Crippen LogP contribution < -0.4 is 0 Å². The van der Waals surface area contributed by atoms with E-state index in [9.17, 15) is 13.2 Å². The van der Waals surface area contributed by atoms with E-state index in [4.69, 9.17) is 5.11 Å². The van der Waals surface area contributed by atoms with Crippen molar-refractivity contribution in [2.75, 3.05) is 13.6 Å². The fourth-order valence-electron chi connectivity index (χ4n) is 2.15. The first-order chi connectivity index (χ1) is 8.17. The van der Waals surface area contributed by atoms with Crippen LogP contribution in [0.3, 0.4) is 0 Å². The third-order valence-electron chi connectivity index (χ3n) is 3.55. The molecule has 106 valence electrons. The summed E-state index contributed by atoms with van der Waals surface area (Å²) in [6.07, 6.45) is 0.755. The molecule has 7 heteroatoms. The van der Waals surface area contributed by atoms with Gasteiger partial charge in [-0.3, -0.25) is 4.79 Å². The second kappa shape index (κ2) is 5.54. The van der Waals surface area contributed by atoms with Crippen LogP contribution in [0, 0.1) is 5.92 Å². The average Bonchev–Trinajstić information content (AvgIpc) is 2.27. The van der Waals surface area contributed by atoms with Gasteiger partial charge < -0.3 is 5.11 Å². The van der Waals surface area contributed by atoms with Crippen molar-refractivity contribution < 1.29 is 18.3 Å². The molecule has 1 heterocycles. The van der Waals surface area contributed by atoms with Gasteiger partial charge in [-0.05, 0) is 33.6 Å². The molecule has 0 aliphatic carbocycles. The zero-order chi connectivity index (χ0) is 14.1. The molecule has 1 rings (SSSR count). The maximum atomic E-state index is 12.3. The molecule has 0 spiro atoms. The summed E-state index contributed by atoms with van der Waals surface area (Å²) < 4.78 is 27.4. The Kier molecular flexibility index (Phi) is 4.74. The van der Waals surface area contributed by atoms with Crippen LogP contribution in [-0.4, -0.2) is 53.8 Å². The van der Waals surface area contributed by atoms with Gasteiger partial charge in [0.1, 0.15) is 0 Å². The summed E-state index contributed by atoms with van der Waals surface area (Å²) >= 11 is 0. The normalized spacial score (nSPS) is 26.8. The average molecular weight is 278 g/mol. The van der Waals surface area contributed by atoms with Crippen LogP contribution in [0.5, 0.6) is 0 Å². The van der Waals surface area contributed by atoms with E-state index in [-0.39, 0.29) is 18.6 Å². The van der Waals surface area contributed by atoms with Crippen LogP contribution in [-0.2, 0) is 15.0 Å². The molecular weight excluding hydrogens is 256 g/mol. The highest BCUT2D eigenvalue weighted by Gasteiger charge is 2.38. The van der Waals surface area contributed by atoms with Crippen LogP contribution in [0.4, 0.5) is 0 Å². The van der Waals surface area contributed by atoms with Gasteiger partial charge in [0.05, 0.1) is 5.92 Å². The summed E-state index contributed by atoms with van der Waals surface area (Å²) in [5.41, 5.74) is 0. The minimum absolute atomic E-state index is 0.112. The van der Waals surface area contributed by atoms with Crippen molar-refractivity contribution in [1.82, 2.24) is 8.61 Å². The molecule has 1 fully saturated rings. The van der Waals surface area contributed by atoms with Crippen molar-refractivity contribution in [3.05, 3.63) is 0 Å². The highest BCUT2D eigenvalue weighted by molar-refractivity contribution is 7.86. The first-order valence-corrected chi connectivity index (χ1v) is 7.55. The molecule has 1 N–H and O–H groups in total. The lowest BCUT2D eigenvalue weighted by Gasteiger charge is -2.38. The number of carboxylic acid groups (broad SMARTS) is 1. The van der Waals surface area contributed by atoms with Gasteiger partial charge in [-0.15, -0.1) is 0 Å². The van der Waals surface area contributed by atoms with Crippen LogP contribution in [0.1, 0.15) is 33.6 Å². The smallest absolute Gasteiger partial charge is 0.306 e. The van der Waals surface area contributed by atoms with E-state index < -0.39 is 22.1 Å². The van der Waals surface area contributed by atoms with E-state index in [2.05, 4.69) is 0 Å². The quantitative estimate of drug-likeness (QED) is 0.823. The van der Waals surface area contributed by atoms with Gasteiger partial charge >= 0.3 is 5.97 Å². The van der Waals surface area contributed by atoms with Crippen molar-refractivity contribution in [2.24, 2.45) is 5.92 Å². The van der Waals surface area contributed by atoms with Crippen LogP contribution in [0.25, 0.3) is 0 Å². The maximum absolute atomic E-state index is 12.3. The Bertz CT molecular complexity index is 407. The van der Waals surface area contributed by atoms with Crippen molar-refractivity contribution >= 4 is 16.2 Å². The van der Waals surface area contributed by atoms with E-state index in [0.29, 0.717) is 12.8 Å². The SMILES string of the molecule is CC(C)N(C)S(=O)(=O)N1CCC(C(=O)O)CC1C. The summed E-state index contributed by atoms with van der Waals surface area (Å²) in [5, 5.41) is 8.96. The molecule has 1 aliphatic rings. The predicted molar refractivity (Wildman–Crippen MR) is 68.3 cm³/mol. The van der Waals surface area contributed by atoms with E-state index in [1.807, 2.05) is 13.8 Å². The van der Waals surface area contributed by atoms with Gasteiger partial charge in [0.2, 0.25) is 0 Å². The molecule has 0 radical (unpaired) electrons. The molecule has 1 saturated heterocycles. The number of rotatable bonds is 4. The first kappa shape index (κ1) is 15.4. The molecule has 0 amide bonds. The lowest BCUT2D eigenvalue weighted by Crippen LogP contribution is -2.52. The van der Waals surface area contributed by atoms with Gasteiger partial charge in [-0.2, -0.15) is 17.0 Å². The minimum atomic E-state index is -3.49. The molecule has 0 aromatic rings. The van der Waals surface area contributed by atoms with Gasteiger partial charge in [0, 0.05) is 25.7 Å². The van der Waals surface area contributed by atoms with Crippen molar-refractivity contribution in [3.63, 3.8) is 0 Å². The van der Waals surface area contributed by atoms with E-state index in [0.717, 1.165) is 0 Å². The summed E-state index contributed by atoms with van der Waals surface area (Å²) in [6, 6.07) is -0.384. The van der Waals surface area contributed by atoms with E-state index in [1.54, 1.807) is 14.0 Å². The Morgan fingerprint density at radius 3 is 2.39 bits per heavy atom. The number of piperidine rings is 1. The molecule has 0 aromatic heterocycles. The third-order valence-corrected chi connectivity index (χ3v) is 5.84. The van der Waals surface area contributed by atoms with E-state index >= 15 is 0 Å². The molecule has 0 saturated carbocycles. The fraction of sp³-hybridized carbons (Fsp3) is 0.909. The zero-order valence-corrected chi connectivity index (χ0v) is 12.1. The third kappa shape index (κ3) is 3.02. The number of hydrogen-bond acceptors (Lipinski definition) is 3. The van der Waals surface area contributed by atoms with Gasteiger partial charge in [-0.1, -0.05) is 0 Å². The van der Waals surface area contributed by atoms with E-state index in [1.165, 1.54) is 8.61 Å². The highest BCUT2D eigenvalue weighted by Crippen LogP contribution is 2.26. The predicted octanol–water partition coefficient (Wildman–Crippen LogP) is 0.756. The van der Waals surface area contributed by atoms with Crippen LogP contribution in [0.15, 0.2) is 0 Å². The summed E-state index contributed by atoms with van der Waals surface area (Å²) in [6.45, 7) is 5.66. The summed E-state index contributed by atoms with van der Waals surface area (Å²) in [5.74, 6) is -1.27. The monoisotopic (exact) mass is 278 g/mol. The summed E-state index contributed by atoms with van der Waals surface area (Å²) in [7, 11) is -1.93. The number of aliphatic carboxylic acids is 1. The second-order valence-electron chi connectivity index (χ2n) is 5.14. The number of hydrogen-bond donors (Lipinski definition) is 1. The van der Waals surface area contributed by atoms with Crippen LogP contribution in [0.2, 0.25) is 0 Å². The minimum Gasteiger partial charge on any atom is -0.481 e. The lowest BCUT2D eigenvalue weighted by molar-refractivity contribution is -0.143. The molecule has 6 nitrogen and oxygen atoms in total. The lowest BCUT2D eigenvalue weighted by atomic mass is 9.93. The van der Waals surface area contributed by atoms with Crippen molar-refractivity contribution in [2.45, 2.75) is 45.7 Å². The number of carboxylic acids is 1. The zero-order valence-electron chi connectivity index (χ0n) is 11.3. The van der Waals surface area contributed by atoms with Crippen LogP contribution >= 0.6 is 0 Å². The molecular formula is C11H22N2O4S. The topological polar surface area (TPSA) is 77.9 Å². The second-order valence-corrected chi connectivity index (χ2v) is 7.08.